The van der Waals surface area contributed by atoms with Crippen LogP contribution in [0.15, 0.2) is 53.1 Å². The van der Waals surface area contributed by atoms with Gasteiger partial charge in [-0.2, -0.15) is 0 Å². The maximum atomic E-state index is 12.3. The number of aryl methyl sites for hydroxylation is 1. The van der Waals surface area contributed by atoms with Gasteiger partial charge in [0.1, 0.15) is 0 Å². The molecule has 0 fully saturated rings. The van der Waals surface area contributed by atoms with E-state index in [1.165, 1.54) is 11.3 Å². The summed E-state index contributed by atoms with van der Waals surface area (Å²) >= 11 is 4.80. The summed E-state index contributed by atoms with van der Waals surface area (Å²) in [7, 11) is 0. The molecule has 3 rings (SSSR count). The number of halogens is 1. The summed E-state index contributed by atoms with van der Waals surface area (Å²) < 4.78 is 0.755. The Balaban J connectivity index is 1.86. The van der Waals surface area contributed by atoms with E-state index in [1.54, 1.807) is 12.3 Å². The van der Waals surface area contributed by atoms with Crippen molar-refractivity contribution in [1.82, 2.24) is 9.97 Å². The zero-order valence-electron chi connectivity index (χ0n) is 11.7. The molecule has 0 unspecified atom stereocenters. The van der Waals surface area contributed by atoms with Gasteiger partial charge in [0.05, 0.1) is 21.8 Å². The van der Waals surface area contributed by atoms with Crippen LogP contribution in [0.3, 0.4) is 0 Å². The third-order valence-electron chi connectivity index (χ3n) is 3.03. The van der Waals surface area contributed by atoms with E-state index < -0.39 is 0 Å². The van der Waals surface area contributed by atoms with E-state index in [0.29, 0.717) is 10.7 Å². The molecule has 6 heteroatoms. The van der Waals surface area contributed by atoms with E-state index >= 15 is 0 Å². The first kappa shape index (κ1) is 14.9. The number of thiazole rings is 1. The fourth-order valence-electron chi connectivity index (χ4n) is 1.99. The molecular formula is C16H12BrN3OS. The molecule has 0 atom stereocenters. The predicted molar refractivity (Wildman–Crippen MR) is 92.2 cm³/mol. The molecule has 22 heavy (non-hydrogen) atoms. The lowest BCUT2D eigenvalue weighted by Gasteiger charge is -2.03. The average molecular weight is 374 g/mol. The Hall–Kier alpha value is -2.05. The van der Waals surface area contributed by atoms with Crippen molar-refractivity contribution >= 4 is 38.3 Å². The fraction of sp³-hybridized carbons (Fsp3) is 0.0625. The van der Waals surface area contributed by atoms with Crippen molar-refractivity contribution in [2.75, 3.05) is 5.32 Å². The highest BCUT2D eigenvalue weighted by Gasteiger charge is 2.15. The van der Waals surface area contributed by atoms with Crippen molar-refractivity contribution in [2.24, 2.45) is 0 Å². The summed E-state index contributed by atoms with van der Waals surface area (Å²) in [6.45, 7) is 1.91. The number of rotatable bonds is 3. The van der Waals surface area contributed by atoms with Gasteiger partial charge >= 0.3 is 0 Å². The van der Waals surface area contributed by atoms with E-state index in [0.717, 1.165) is 20.7 Å². The highest BCUT2D eigenvalue weighted by atomic mass is 79.9. The second kappa shape index (κ2) is 6.37. The highest BCUT2D eigenvalue weighted by molar-refractivity contribution is 9.10. The number of anilines is 1. The number of hydrogen-bond acceptors (Lipinski definition) is 4. The Kier molecular flexibility index (Phi) is 4.31. The van der Waals surface area contributed by atoms with E-state index in [2.05, 4.69) is 31.2 Å². The molecule has 0 saturated carbocycles. The maximum absolute atomic E-state index is 12.3. The van der Waals surface area contributed by atoms with Crippen LogP contribution in [0.2, 0.25) is 0 Å². The summed E-state index contributed by atoms with van der Waals surface area (Å²) in [5.74, 6) is -0.186. The van der Waals surface area contributed by atoms with Gasteiger partial charge in [0, 0.05) is 10.7 Å². The van der Waals surface area contributed by atoms with Crippen LogP contribution in [0.1, 0.15) is 16.1 Å². The molecular weight excluding hydrogens is 362 g/mol. The lowest BCUT2D eigenvalue weighted by Crippen LogP contribution is -2.12. The zero-order valence-corrected chi connectivity index (χ0v) is 14.1. The standard InChI is InChI=1S/C16H12BrN3OS/c1-10-14(13-8-4-5-9-18-13)22-16(19-10)20-15(21)11-6-2-3-7-12(11)17/h2-9H,1H3,(H,19,20,21). The van der Waals surface area contributed by atoms with Gasteiger partial charge in [0.15, 0.2) is 5.13 Å². The number of aromatic nitrogens is 2. The largest absolute Gasteiger partial charge is 0.298 e. The number of carbonyl (C=O) groups is 1. The summed E-state index contributed by atoms with van der Waals surface area (Å²) in [4.78, 5) is 22.0. The van der Waals surface area contributed by atoms with Gasteiger partial charge in [-0.1, -0.05) is 29.5 Å². The Bertz CT molecular complexity index is 817. The lowest BCUT2D eigenvalue weighted by molar-refractivity contribution is 0.102. The summed E-state index contributed by atoms with van der Waals surface area (Å²) in [5, 5.41) is 3.41. The van der Waals surface area contributed by atoms with Crippen LogP contribution in [0.5, 0.6) is 0 Å². The molecule has 0 saturated heterocycles. The van der Waals surface area contributed by atoms with E-state index in [9.17, 15) is 4.79 Å². The number of pyridine rings is 1. The second-order valence-corrected chi connectivity index (χ2v) is 6.44. The number of nitrogens with zero attached hydrogens (tertiary/aromatic N) is 2. The Morgan fingerprint density at radius 1 is 1.18 bits per heavy atom. The third-order valence-corrected chi connectivity index (χ3v) is 4.82. The molecule has 2 aromatic heterocycles. The van der Waals surface area contributed by atoms with Gasteiger partial charge in [0.25, 0.3) is 5.91 Å². The van der Waals surface area contributed by atoms with Crippen molar-refractivity contribution in [3.63, 3.8) is 0 Å². The van der Waals surface area contributed by atoms with Crippen LogP contribution in [-0.2, 0) is 0 Å². The van der Waals surface area contributed by atoms with Crippen molar-refractivity contribution in [2.45, 2.75) is 6.92 Å². The van der Waals surface area contributed by atoms with Crippen molar-refractivity contribution < 1.29 is 4.79 Å². The average Bonchev–Trinajstić information content (AvgIpc) is 2.89. The molecule has 1 aromatic carbocycles. The first-order chi connectivity index (χ1) is 10.6. The summed E-state index contributed by atoms with van der Waals surface area (Å²) in [5.41, 5.74) is 2.29. The first-order valence-corrected chi connectivity index (χ1v) is 8.21. The Morgan fingerprint density at radius 3 is 2.68 bits per heavy atom. The normalized spacial score (nSPS) is 10.5. The van der Waals surface area contributed by atoms with Gasteiger partial charge in [-0.05, 0) is 47.1 Å². The molecule has 1 amide bonds. The van der Waals surface area contributed by atoms with Crippen LogP contribution in [0, 0.1) is 6.92 Å². The minimum absolute atomic E-state index is 0.186. The van der Waals surface area contributed by atoms with Crippen molar-refractivity contribution in [3.8, 4) is 10.6 Å². The Morgan fingerprint density at radius 2 is 1.95 bits per heavy atom. The van der Waals surface area contributed by atoms with Gasteiger partial charge in [-0.25, -0.2) is 4.98 Å². The quantitative estimate of drug-likeness (QED) is 0.733. The van der Waals surface area contributed by atoms with Gasteiger partial charge in [-0.15, -0.1) is 0 Å². The van der Waals surface area contributed by atoms with Gasteiger partial charge in [0.2, 0.25) is 0 Å². The minimum atomic E-state index is -0.186. The summed E-state index contributed by atoms with van der Waals surface area (Å²) in [6, 6.07) is 13.0. The summed E-state index contributed by atoms with van der Waals surface area (Å²) in [6.07, 6.45) is 1.74. The molecule has 4 nitrogen and oxygen atoms in total. The molecule has 2 heterocycles. The maximum Gasteiger partial charge on any atom is 0.258 e. The van der Waals surface area contributed by atoms with E-state index in [1.807, 2.05) is 43.3 Å². The lowest BCUT2D eigenvalue weighted by atomic mass is 10.2. The number of benzene rings is 1. The molecule has 0 bridgehead atoms. The number of amides is 1. The van der Waals surface area contributed by atoms with Crippen LogP contribution < -0.4 is 5.32 Å². The van der Waals surface area contributed by atoms with Crippen LogP contribution in [-0.4, -0.2) is 15.9 Å². The number of carbonyl (C=O) groups excluding carboxylic acids is 1. The number of nitrogens with one attached hydrogen (secondary N) is 1. The van der Waals surface area contributed by atoms with E-state index in [-0.39, 0.29) is 5.91 Å². The van der Waals surface area contributed by atoms with Gasteiger partial charge in [-0.3, -0.25) is 15.1 Å². The van der Waals surface area contributed by atoms with E-state index in [4.69, 9.17) is 0 Å². The minimum Gasteiger partial charge on any atom is -0.298 e. The zero-order chi connectivity index (χ0) is 15.5. The molecule has 0 aliphatic rings. The molecule has 0 aliphatic heterocycles. The van der Waals surface area contributed by atoms with Crippen LogP contribution >= 0.6 is 27.3 Å². The van der Waals surface area contributed by atoms with Crippen molar-refractivity contribution in [3.05, 3.63) is 64.4 Å². The highest BCUT2D eigenvalue weighted by Crippen LogP contribution is 2.31. The van der Waals surface area contributed by atoms with Gasteiger partial charge < -0.3 is 0 Å². The van der Waals surface area contributed by atoms with Crippen LogP contribution in [0.25, 0.3) is 10.6 Å². The van der Waals surface area contributed by atoms with Crippen LogP contribution in [0.4, 0.5) is 5.13 Å². The molecule has 0 spiro atoms. The second-order valence-electron chi connectivity index (χ2n) is 4.58. The molecule has 0 aliphatic carbocycles. The molecule has 1 N–H and O–H groups in total. The number of hydrogen-bond donors (Lipinski definition) is 1. The fourth-order valence-corrected chi connectivity index (χ4v) is 3.40. The topological polar surface area (TPSA) is 54.9 Å². The predicted octanol–water partition coefficient (Wildman–Crippen LogP) is 4.53. The molecule has 3 aromatic rings. The molecule has 0 radical (unpaired) electrons. The first-order valence-electron chi connectivity index (χ1n) is 6.60. The SMILES string of the molecule is Cc1nc(NC(=O)c2ccccc2Br)sc1-c1ccccn1. The third kappa shape index (κ3) is 3.08. The smallest absolute Gasteiger partial charge is 0.258 e. The Labute approximate surface area is 140 Å². The van der Waals surface area contributed by atoms with Crippen molar-refractivity contribution in [1.29, 1.82) is 0 Å². The molecule has 110 valence electrons. The monoisotopic (exact) mass is 373 g/mol.